The van der Waals surface area contributed by atoms with E-state index in [9.17, 15) is 4.79 Å². The number of carbonyl (C=O) groups excluding carboxylic acids is 1. The van der Waals surface area contributed by atoms with Gasteiger partial charge in [-0.1, -0.05) is 41.5 Å². The second-order valence-corrected chi connectivity index (χ2v) is 6.32. The molecule has 2 N–H and O–H groups in total. The number of rotatable bonds is 4. The van der Waals surface area contributed by atoms with E-state index in [1.165, 1.54) is 0 Å². The van der Waals surface area contributed by atoms with Crippen LogP contribution in [-0.2, 0) is 4.79 Å². The lowest BCUT2D eigenvalue weighted by Crippen LogP contribution is -2.34. The topological polar surface area (TPSA) is 41.1 Å². The summed E-state index contributed by atoms with van der Waals surface area (Å²) in [6.07, 6.45) is 2.06. The monoisotopic (exact) mass is 406 g/mol. The number of carbonyl (C=O) groups is 1. The molecule has 1 amide bonds. The number of anilines is 1. The van der Waals surface area contributed by atoms with E-state index in [4.69, 9.17) is 12.2 Å². The van der Waals surface area contributed by atoms with Crippen molar-refractivity contribution in [3.63, 3.8) is 0 Å². The largest absolute Gasteiger partial charge is 0.372 e. The van der Waals surface area contributed by atoms with Gasteiger partial charge >= 0.3 is 0 Å². The van der Waals surface area contributed by atoms with Crippen LogP contribution in [-0.4, -0.2) is 17.4 Å². The summed E-state index contributed by atoms with van der Waals surface area (Å²) in [6, 6.07) is 3.82. The highest BCUT2D eigenvalue weighted by Gasteiger charge is 2.13. The molecule has 104 valence electrons. The third-order valence-corrected chi connectivity index (χ3v) is 3.93. The zero-order chi connectivity index (χ0) is 14.4. The molecular weight excluding hydrogens is 392 g/mol. The molecule has 0 fully saturated rings. The minimum absolute atomic E-state index is 0.225. The number of aryl methyl sites for hydroxylation is 1. The lowest BCUT2D eigenvalue weighted by molar-refractivity contribution is -0.110. The fraction of sp³-hybridized carbons (Fsp3) is 0.385. The quantitative estimate of drug-likeness (QED) is 0.581. The van der Waals surface area contributed by atoms with Crippen LogP contribution in [0.1, 0.15) is 25.3 Å². The number of thiocarbonyl (C=S) groups is 1. The van der Waals surface area contributed by atoms with Gasteiger partial charge in [0, 0.05) is 15.5 Å². The molecule has 0 aliphatic carbocycles. The van der Waals surface area contributed by atoms with Crippen LogP contribution < -0.4 is 10.6 Å². The first-order valence-electron chi connectivity index (χ1n) is 6.00. The number of amides is 1. The predicted octanol–water partition coefficient (Wildman–Crippen LogP) is 4.18. The van der Waals surface area contributed by atoms with E-state index in [2.05, 4.69) is 49.4 Å². The normalized spacial score (nSPS) is 10.1. The van der Waals surface area contributed by atoms with Gasteiger partial charge in [-0.3, -0.25) is 4.79 Å². The van der Waals surface area contributed by atoms with Crippen molar-refractivity contribution in [1.29, 1.82) is 0 Å². The van der Waals surface area contributed by atoms with Gasteiger partial charge in [-0.2, -0.15) is 0 Å². The lowest BCUT2D eigenvalue weighted by Gasteiger charge is -2.12. The average Bonchev–Trinajstić information content (AvgIpc) is 2.33. The summed E-state index contributed by atoms with van der Waals surface area (Å²) in [5, 5.41) is 5.77. The second-order valence-electron chi connectivity index (χ2n) is 4.14. The highest BCUT2D eigenvalue weighted by Crippen LogP contribution is 2.30. The van der Waals surface area contributed by atoms with E-state index in [1.807, 2.05) is 19.1 Å². The van der Waals surface area contributed by atoms with Crippen molar-refractivity contribution in [2.24, 2.45) is 0 Å². The van der Waals surface area contributed by atoms with Gasteiger partial charge in [-0.25, -0.2) is 0 Å². The van der Waals surface area contributed by atoms with Crippen molar-refractivity contribution in [1.82, 2.24) is 5.32 Å². The van der Waals surface area contributed by atoms with Gasteiger partial charge in [0.25, 0.3) is 5.91 Å². The zero-order valence-electron chi connectivity index (χ0n) is 10.8. The molecule has 0 aliphatic rings. The molecule has 1 aromatic carbocycles. The second kappa shape index (κ2) is 7.97. The van der Waals surface area contributed by atoms with Crippen LogP contribution in [0.2, 0.25) is 0 Å². The third kappa shape index (κ3) is 5.20. The molecule has 1 aromatic rings. The number of benzene rings is 1. The molecule has 0 bridgehead atoms. The van der Waals surface area contributed by atoms with E-state index in [-0.39, 0.29) is 10.9 Å². The molecule has 0 aromatic heterocycles. The summed E-state index contributed by atoms with van der Waals surface area (Å²) < 4.78 is 1.78. The first kappa shape index (κ1) is 16.6. The molecule has 0 saturated carbocycles. The summed E-state index contributed by atoms with van der Waals surface area (Å²) in [4.78, 5) is 12.2. The van der Waals surface area contributed by atoms with Gasteiger partial charge in [-0.05, 0) is 47.0 Å². The molecule has 6 heteroatoms. The van der Waals surface area contributed by atoms with Crippen LogP contribution >= 0.6 is 44.1 Å². The van der Waals surface area contributed by atoms with Gasteiger partial charge < -0.3 is 10.6 Å². The van der Waals surface area contributed by atoms with Crippen LogP contribution in [0.4, 0.5) is 5.69 Å². The number of nitrogens with one attached hydrogen (secondary N) is 2. The van der Waals surface area contributed by atoms with E-state index in [0.29, 0.717) is 0 Å². The molecule has 0 unspecified atom stereocenters. The summed E-state index contributed by atoms with van der Waals surface area (Å²) >= 11 is 11.9. The minimum atomic E-state index is -0.280. The molecule has 3 nitrogen and oxygen atoms in total. The van der Waals surface area contributed by atoms with E-state index >= 15 is 0 Å². The Morgan fingerprint density at radius 3 is 2.63 bits per heavy atom. The first-order chi connectivity index (χ1) is 8.95. The molecule has 0 saturated heterocycles. The Hall–Kier alpha value is -0.460. The molecule has 0 radical (unpaired) electrons. The van der Waals surface area contributed by atoms with Crippen molar-refractivity contribution in [3.8, 4) is 0 Å². The molecular formula is C13H16Br2N2OS. The maximum absolute atomic E-state index is 11.9. The van der Waals surface area contributed by atoms with Crippen molar-refractivity contribution in [2.45, 2.75) is 26.7 Å². The molecule has 19 heavy (non-hydrogen) atoms. The van der Waals surface area contributed by atoms with E-state index < -0.39 is 0 Å². The van der Waals surface area contributed by atoms with Crippen LogP contribution in [0.15, 0.2) is 21.1 Å². The smallest absolute Gasteiger partial charge is 0.283 e. The summed E-state index contributed by atoms with van der Waals surface area (Å²) in [5.74, 6) is -0.280. The third-order valence-electron chi connectivity index (χ3n) is 2.51. The molecule has 0 heterocycles. The average molecular weight is 408 g/mol. The Bertz CT molecular complexity index is 469. The Morgan fingerprint density at radius 2 is 2.05 bits per heavy atom. The fourth-order valence-corrected chi connectivity index (χ4v) is 3.18. The molecule has 0 atom stereocenters. The number of unbranched alkanes of at least 4 members (excludes halogenated alkanes) is 1. The van der Waals surface area contributed by atoms with Gasteiger partial charge in [-0.15, -0.1) is 0 Å². The number of hydrogen-bond donors (Lipinski definition) is 2. The fourth-order valence-electron chi connectivity index (χ4n) is 1.49. The summed E-state index contributed by atoms with van der Waals surface area (Å²) in [5.41, 5.74) is 1.71. The van der Waals surface area contributed by atoms with E-state index in [0.717, 1.165) is 39.6 Å². The van der Waals surface area contributed by atoms with Crippen molar-refractivity contribution >= 4 is 60.7 Å². The molecule has 1 rings (SSSR count). The van der Waals surface area contributed by atoms with Gasteiger partial charge in [0.15, 0.2) is 4.99 Å². The predicted molar refractivity (Wildman–Crippen MR) is 90.7 cm³/mol. The van der Waals surface area contributed by atoms with Crippen molar-refractivity contribution < 1.29 is 4.79 Å². The Balaban J connectivity index is 2.69. The van der Waals surface area contributed by atoms with Crippen LogP contribution in [0.25, 0.3) is 0 Å². The Labute approximate surface area is 135 Å². The standard InChI is InChI=1S/C13H16Br2N2OS/c1-3-4-5-16-13(19)12(18)17-11-8(2)6-9(14)7-10(11)15/h6-7H,3-5H2,1-2H3,(H,16,19)(H,17,18). The Kier molecular flexibility index (Phi) is 6.96. The van der Waals surface area contributed by atoms with Gasteiger partial charge in [0.05, 0.1) is 5.69 Å². The molecule has 0 aliphatic heterocycles. The van der Waals surface area contributed by atoms with Crippen LogP contribution in [0.5, 0.6) is 0 Å². The summed E-state index contributed by atoms with van der Waals surface area (Å²) in [6.45, 7) is 4.75. The van der Waals surface area contributed by atoms with Crippen LogP contribution in [0.3, 0.4) is 0 Å². The highest BCUT2D eigenvalue weighted by atomic mass is 79.9. The SMILES string of the molecule is CCCCNC(=S)C(=O)Nc1c(C)cc(Br)cc1Br. The minimum Gasteiger partial charge on any atom is -0.372 e. The van der Waals surface area contributed by atoms with Gasteiger partial charge in [0.1, 0.15) is 0 Å². The summed E-state index contributed by atoms with van der Waals surface area (Å²) in [7, 11) is 0. The van der Waals surface area contributed by atoms with Crippen molar-refractivity contribution in [3.05, 3.63) is 26.6 Å². The Morgan fingerprint density at radius 1 is 1.37 bits per heavy atom. The zero-order valence-corrected chi connectivity index (χ0v) is 14.8. The maximum Gasteiger partial charge on any atom is 0.283 e. The van der Waals surface area contributed by atoms with Crippen LogP contribution in [0, 0.1) is 6.92 Å². The maximum atomic E-state index is 11.9. The first-order valence-corrected chi connectivity index (χ1v) is 8.00. The lowest BCUT2D eigenvalue weighted by atomic mass is 10.2. The molecule has 0 spiro atoms. The number of halogens is 2. The number of hydrogen-bond acceptors (Lipinski definition) is 2. The van der Waals surface area contributed by atoms with Crippen molar-refractivity contribution in [2.75, 3.05) is 11.9 Å². The van der Waals surface area contributed by atoms with Gasteiger partial charge in [0.2, 0.25) is 0 Å². The highest BCUT2D eigenvalue weighted by molar-refractivity contribution is 9.11. The van der Waals surface area contributed by atoms with E-state index in [1.54, 1.807) is 0 Å².